The Labute approximate surface area is 115 Å². The summed E-state index contributed by atoms with van der Waals surface area (Å²) in [4.78, 5) is 13.9. The van der Waals surface area contributed by atoms with Gasteiger partial charge in [0.15, 0.2) is 0 Å². The Kier molecular flexibility index (Phi) is 3.56. The molecule has 3 nitrogen and oxygen atoms in total. The van der Waals surface area contributed by atoms with Gasteiger partial charge in [-0.25, -0.2) is 0 Å². The average molecular weight is 259 g/mol. The van der Waals surface area contributed by atoms with Gasteiger partial charge in [-0.05, 0) is 31.4 Å². The molecule has 1 saturated carbocycles. The summed E-state index contributed by atoms with van der Waals surface area (Å²) >= 11 is 0. The SMILES string of the molecule is C[NH+]1C[C@H]2CC[C@@H]1C[C@H](NC(=O)c1ccccc1)C2. The van der Waals surface area contributed by atoms with Crippen molar-refractivity contribution < 1.29 is 9.69 Å². The van der Waals surface area contributed by atoms with Crippen molar-refractivity contribution in [3.63, 3.8) is 0 Å². The number of fused-ring (bicyclic) bond motifs is 4. The fraction of sp³-hybridized carbons (Fsp3) is 0.562. The van der Waals surface area contributed by atoms with Gasteiger partial charge in [-0.3, -0.25) is 4.79 Å². The molecule has 2 saturated heterocycles. The summed E-state index contributed by atoms with van der Waals surface area (Å²) in [6.07, 6.45) is 4.97. The lowest BCUT2D eigenvalue weighted by atomic mass is 9.95. The van der Waals surface area contributed by atoms with Crippen LogP contribution >= 0.6 is 0 Å². The average Bonchev–Trinajstić information content (AvgIpc) is 2.70. The predicted octanol–water partition coefficient (Wildman–Crippen LogP) is 0.872. The van der Waals surface area contributed by atoms with Crippen LogP contribution in [0.2, 0.25) is 0 Å². The molecule has 1 amide bonds. The van der Waals surface area contributed by atoms with Crippen molar-refractivity contribution in [2.24, 2.45) is 5.92 Å². The molecule has 1 aromatic carbocycles. The van der Waals surface area contributed by atoms with Crippen molar-refractivity contribution in [3.05, 3.63) is 35.9 Å². The third kappa shape index (κ3) is 2.81. The van der Waals surface area contributed by atoms with Crippen LogP contribution in [0.25, 0.3) is 0 Å². The minimum Gasteiger partial charge on any atom is -0.349 e. The molecule has 0 aromatic heterocycles. The first kappa shape index (κ1) is 12.7. The largest absolute Gasteiger partial charge is 0.349 e. The Morgan fingerprint density at radius 1 is 1.21 bits per heavy atom. The van der Waals surface area contributed by atoms with E-state index in [9.17, 15) is 4.79 Å². The zero-order chi connectivity index (χ0) is 13.2. The van der Waals surface area contributed by atoms with Gasteiger partial charge in [0, 0.05) is 23.9 Å². The number of amides is 1. The van der Waals surface area contributed by atoms with Gasteiger partial charge in [-0.15, -0.1) is 0 Å². The topological polar surface area (TPSA) is 33.5 Å². The van der Waals surface area contributed by atoms with Crippen molar-refractivity contribution >= 4 is 5.91 Å². The minimum absolute atomic E-state index is 0.0875. The molecular weight excluding hydrogens is 236 g/mol. The number of hydrogen-bond donors (Lipinski definition) is 2. The lowest BCUT2D eigenvalue weighted by molar-refractivity contribution is -0.913. The molecule has 3 aliphatic rings. The van der Waals surface area contributed by atoms with Gasteiger partial charge in [-0.2, -0.15) is 0 Å². The van der Waals surface area contributed by atoms with Crippen LogP contribution < -0.4 is 10.2 Å². The molecule has 2 aliphatic heterocycles. The van der Waals surface area contributed by atoms with E-state index in [4.69, 9.17) is 0 Å². The minimum atomic E-state index is 0.0875. The van der Waals surface area contributed by atoms with Crippen molar-refractivity contribution in [2.75, 3.05) is 13.6 Å². The molecule has 2 bridgehead atoms. The van der Waals surface area contributed by atoms with Crippen molar-refractivity contribution in [3.8, 4) is 0 Å². The van der Waals surface area contributed by atoms with Gasteiger partial charge < -0.3 is 10.2 Å². The molecule has 4 atom stereocenters. The second-order valence-corrected chi connectivity index (χ2v) is 6.20. The third-order valence-corrected chi connectivity index (χ3v) is 4.79. The molecule has 2 heterocycles. The maximum Gasteiger partial charge on any atom is 0.251 e. The van der Waals surface area contributed by atoms with E-state index in [-0.39, 0.29) is 5.91 Å². The summed E-state index contributed by atoms with van der Waals surface area (Å²) in [6, 6.07) is 10.7. The second kappa shape index (κ2) is 5.33. The summed E-state index contributed by atoms with van der Waals surface area (Å²) in [5.41, 5.74) is 0.778. The van der Waals surface area contributed by atoms with Crippen LogP contribution in [0.1, 0.15) is 36.0 Å². The van der Waals surface area contributed by atoms with Crippen LogP contribution in [0.3, 0.4) is 0 Å². The van der Waals surface area contributed by atoms with Crippen LogP contribution in [-0.2, 0) is 0 Å². The number of nitrogens with one attached hydrogen (secondary N) is 2. The monoisotopic (exact) mass is 259 g/mol. The van der Waals surface area contributed by atoms with E-state index in [0.29, 0.717) is 6.04 Å². The molecule has 102 valence electrons. The van der Waals surface area contributed by atoms with E-state index in [0.717, 1.165) is 30.4 Å². The molecule has 0 radical (unpaired) electrons. The first-order valence-corrected chi connectivity index (χ1v) is 7.40. The van der Waals surface area contributed by atoms with E-state index in [1.807, 2.05) is 30.3 Å². The first-order chi connectivity index (χ1) is 9.22. The van der Waals surface area contributed by atoms with Gasteiger partial charge >= 0.3 is 0 Å². The van der Waals surface area contributed by atoms with Crippen LogP contribution in [0, 0.1) is 5.92 Å². The van der Waals surface area contributed by atoms with Gasteiger partial charge in [0.2, 0.25) is 0 Å². The zero-order valence-electron chi connectivity index (χ0n) is 11.6. The third-order valence-electron chi connectivity index (χ3n) is 4.79. The molecule has 1 aromatic rings. The first-order valence-electron chi connectivity index (χ1n) is 7.40. The van der Waals surface area contributed by atoms with E-state index >= 15 is 0 Å². The summed E-state index contributed by atoms with van der Waals surface area (Å²) in [5, 5.41) is 3.24. The molecule has 1 aliphatic carbocycles. The van der Waals surface area contributed by atoms with Gasteiger partial charge in [0.1, 0.15) is 0 Å². The quantitative estimate of drug-likeness (QED) is 0.812. The molecule has 19 heavy (non-hydrogen) atoms. The fourth-order valence-corrected chi connectivity index (χ4v) is 3.75. The Hall–Kier alpha value is -1.35. The lowest BCUT2D eigenvalue weighted by Gasteiger charge is -2.30. The number of quaternary nitrogens is 1. The van der Waals surface area contributed by atoms with Crippen LogP contribution in [-0.4, -0.2) is 31.6 Å². The molecule has 3 fully saturated rings. The number of rotatable bonds is 2. The van der Waals surface area contributed by atoms with Crippen LogP contribution in [0.15, 0.2) is 30.3 Å². The maximum atomic E-state index is 12.2. The fourth-order valence-electron chi connectivity index (χ4n) is 3.75. The summed E-state index contributed by atoms with van der Waals surface area (Å²) < 4.78 is 0. The van der Waals surface area contributed by atoms with Gasteiger partial charge in [0.25, 0.3) is 5.91 Å². The zero-order valence-corrected chi connectivity index (χ0v) is 11.6. The Morgan fingerprint density at radius 2 is 2.00 bits per heavy atom. The van der Waals surface area contributed by atoms with Gasteiger partial charge in [-0.1, -0.05) is 18.2 Å². The summed E-state index contributed by atoms with van der Waals surface area (Å²) in [7, 11) is 2.30. The number of benzene rings is 1. The van der Waals surface area contributed by atoms with Crippen molar-refractivity contribution in [1.82, 2.24) is 5.32 Å². The molecule has 2 N–H and O–H groups in total. The van der Waals surface area contributed by atoms with Gasteiger partial charge in [0.05, 0.1) is 19.6 Å². The van der Waals surface area contributed by atoms with E-state index < -0.39 is 0 Å². The highest BCUT2D eigenvalue weighted by atomic mass is 16.1. The van der Waals surface area contributed by atoms with Crippen molar-refractivity contribution in [2.45, 2.75) is 37.8 Å². The molecular formula is C16H23N2O+. The van der Waals surface area contributed by atoms with E-state index in [1.54, 1.807) is 4.90 Å². The Bertz CT molecular complexity index is 445. The number of hydrogen-bond acceptors (Lipinski definition) is 1. The van der Waals surface area contributed by atoms with Crippen molar-refractivity contribution in [1.29, 1.82) is 0 Å². The lowest BCUT2D eigenvalue weighted by Crippen LogP contribution is -3.14. The highest BCUT2D eigenvalue weighted by molar-refractivity contribution is 5.94. The number of piperidine rings is 1. The Balaban J connectivity index is 1.66. The Morgan fingerprint density at radius 3 is 2.74 bits per heavy atom. The highest BCUT2D eigenvalue weighted by Gasteiger charge is 2.37. The van der Waals surface area contributed by atoms with E-state index in [1.165, 1.54) is 19.4 Å². The van der Waals surface area contributed by atoms with Crippen LogP contribution in [0.5, 0.6) is 0 Å². The number of carbonyl (C=O) groups excluding carboxylic acids is 1. The highest BCUT2D eigenvalue weighted by Crippen LogP contribution is 2.25. The molecule has 3 heteroatoms. The molecule has 1 unspecified atom stereocenters. The maximum absolute atomic E-state index is 12.2. The summed E-state index contributed by atoms with van der Waals surface area (Å²) in [5.74, 6) is 0.879. The number of carbonyl (C=O) groups is 1. The molecule has 0 spiro atoms. The normalized spacial score (nSPS) is 33.7. The second-order valence-electron chi connectivity index (χ2n) is 6.20. The van der Waals surface area contributed by atoms with Crippen LogP contribution in [0.4, 0.5) is 0 Å². The smallest absolute Gasteiger partial charge is 0.251 e. The summed E-state index contributed by atoms with van der Waals surface area (Å²) in [6.45, 7) is 1.28. The van der Waals surface area contributed by atoms with E-state index in [2.05, 4.69) is 12.4 Å². The predicted molar refractivity (Wildman–Crippen MR) is 75.2 cm³/mol. The molecule has 4 rings (SSSR count). The standard InChI is InChI=1S/C16H22N2O/c1-18-11-12-7-8-15(18)10-14(9-12)17-16(19)13-5-3-2-4-6-13/h2-6,12,14-15H,7-11H2,1H3,(H,17,19)/p+1/t12-,14+,15+/m0/s1.